The summed E-state index contributed by atoms with van der Waals surface area (Å²) >= 11 is 0. The summed E-state index contributed by atoms with van der Waals surface area (Å²) in [4.78, 5) is 4.28. The first kappa shape index (κ1) is 13.2. The largest absolute Gasteiger partial charge is 0.382 e. The molecule has 4 N–H and O–H groups in total. The van der Waals surface area contributed by atoms with Crippen molar-refractivity contribution in [2.75, 3.05) is 13.7 Å². The normalized spacial score (nSPS) is 13.2. The fraction of sp³-hybridized carbons (Fsp3) is 0.889. The van der Waals surface area contributed by atoms with E-state index < -0.39 is 0 Å². The lowest BCUT2D eigenvalue weighted by Crippen LogP contribution is -2.53. The molecule has 0 spiro atoms. The van der Waals surface area contributed by atoms with Gasteiger partial charge in [0.2, 0.25) is 5.96 Å². The van der Waals surface area contributed by atoms with Crippen LogP contribution in [0.4, 0.5) is 0 Å². The zero-order valence-corrected chi connectivity index (χ0v) is 9.72. The van der Waals surface area contributed by atoms with Gasteiger partial charge in [0, 0.05) is 13.2 Å². The third-order valence-electron chi connectivity index (χ3n) is 1.49. The Bertz CT molecular complexity index is 189. The number of hydrogen-bond acceptors (Lipinski definition) is 3. The molecule has 0 saturated carbocycles. The summed E-state index contributed by atoms with van der Waals surface area (Å²) in [6, 6.07) is 0.201. The number of aliphatic imine (C=N–C) groups is 1. The first-order valence-electron chi connectivity index (χ1n) is 4.73. The molecular formula is C9H22N4O. The van der Waals surface area contributed by atoms with E-state index in [0.29, 0.717) is 12.6 Å². The van der Waals surface area contributed by atoms with E-state index in [-0.39, 0.29) is 11.6 Å². The molecule has 0 rings (SSSR count). The highest BCUT2D eigenvalue weighted by molar-refractivity contribution is 5.80. The van der Waals surface area contributed by atoms with E-state index in [9.17, 15) is 0 Å². The standard InChI is InChI=1S/C9H22N4O/c1-7(2)11-8(13-10)12-9(3,4)6-14-5/h7H,6,10H2,1-5H3,(H2,11,12,13). The second-order valence-corrected chi connectivity index (χ2v) is 4.16. The van der Waals surface area contributed by atoms with Gasteiger partial charge in [-0.25, -0.2) is 10.8 Å². The lowest BCUT2D eigenvalue weighted by Gasteiger charge is -2.27. The molecule has 0 radical (unpaired) electrons. The molecule has 0 saturated heterocycles. The summed E-state index contributed by atoms with van der Waals surface area (Å²) in [5.74, 6) is 5.93. The molecule has 0 amide bonds. The van der Waals surface area contributed by atoms with Crippen LogP contribution < -0.4 is 16.6 Å². The van der Waals surface area contributed by atoms with Crippen molar-refractivity contribution < 1.29 is 4.74 Å². The van der Waals surface area contributed by atoms with Gasteiger partial charge in [-0.3, -0.25) is 5.43 Å². The summed E-state index contributed by atoms with van der Waals surface area (Å²) in [6.45, 7) is 8.60. The minimum Gasteiger partial charge on any atom is -0.382 e. The lowest BCUT2D eigenvalue weighted by atomic mass is 10.1. The minimum atomic E-state index is -0.186. The lowest BCUT2D eigenvalue weighted by molar-refractivity contribution is 0.139. The summed E-state index contributed by atoms with van der Waals surface area (Å²) in [6.07, 6.45) is 0. The summed E-state index contributed by atoms with van der Waals surface area (Å²) in [7, 11) is 1.67. The molecule has 0 atom stereocenters. The SMILES string of the molecule is COCC(C)(C)NC(=NC(C)C)NN. The van der Waals surface area contributed by atoms with E-state index >= 15 is 0 Å². The van der Waals surface area contributed by atoms with Crippen LogP contribution in [0.5, 0.6) is 0 Å². The Balaban J connectivity index is 4.30. The van der Waals surface area contributed by atoms with E-state index in [0.717, 1.165) is 0 Å². The van der Waals surface area contributed by atoms with Crippen molar-refractivity contribution in [3.63, 3.8) is 0 Å². The molecule has 5 heteroatoms. The van der Waals surface area contributed by atoms with Crippen molar-refractivity contribution in [3.8, 4) is 0 Å². The Hall–Kier alpha value is -0.810. The van der Waals surface area contributed by atoms with E-state index in [2.05, 4.69) is 15.7 Å². The Morgan fingerprint density at radius 3 is 2.43 bits per heavy atom. The molecule has 0 bridgehead atoms. The van der Waals surface area contributed by atoms with Gasteiger partial charge in [0.25, 0.3) is 0 Å². The molecule has 0 fully saturated rings. The van der Waals surface area contributed by atoms with Crippen LogP contribution in [0.2, 0.25) is 0 Å². The Kier molecular flexibility index (Phi) is 5.49. The second-order valence-electron chi connectivity index (χ2n) is 4.16. The molecule has 0 aromatic heterocycles. The maximum absolute atomic E-state index is 5.34. The fourth-order valence-corrected chi connectivity index (χ4v) is 1.08. The van der Waals surface area contributed by atoms with Crippen molar-refractivity contribution in [2.45, 2.75) is 39.3 Å². The highest BCUT2D eigenvalue weighted by Crippen LogP contribution is 2.01. The topological polar surface area (TPSA) is 71.7 Å². The average molecular weight is 202 g/mol. The number of hydrazine groups is 1. The van der Waals surface area contributed by atoms with Gasteiger partial charge in [0.1, 0.15) is 0 Å². The van der Waals surface area contributed by atoms with Crippen LogP contribution in [-0.4, -0.2) is 31.3 Å². The van der Waals surface area contributed by atoms with Gasteiger partial charge in [-0.15, -0.1) is 0 Å². The molecule has 84 valence electrons. The predicted molar refractivity (Wildman–Crippen MR) is 59.0 cm³/mol. The first-order chi connectivity index (χ1) is 6.41. The highest BCUT2D eigenvalue weighted by atomic mass is 16.5. The van der Waals surface area contributed by atoms with Crippen LogP contribution >= 0.6 is 0 Å². The van der Waals surface area contributed by atoms with Crippen LogP contribution in [0.15, 0.2) is 4.99 Å². The molecule has 0 aromatic rings. The molecule has 14 heavy (non-hydrogen) atoms. The molecular weight excluding hydrogens is 180 g/mol. The molecule has 0 heterocycles. The van der Waals surface area contributed by atoms with Crippen molar-refractivity contribution in [3.05, 3.63) is 0 Å². The fourth-order valence-electron chi connectivity index (χ4n) is 1.08. The molecule has 5 nitrogen and oxygen atoms in total. The number of methoxy groups -OCH3 is 1. The third kappa shape index (κ3) is 5.77. The molecule has 0 aliphatic rings. The van der Waals surface area contributed by atoms with Gasteiger partial charge >= 0.3 is 0 Å². The Morgan fingerprint density at radius 1 is 1.50 bits per heavy atom. The van der Waals surface area contributed by atoms with Gasteiger partial charge in [-0.1, -0.05) is 0 Å². The van der Waals surface area contributed by atoms with Crippen LogP contribution in [0, 0.1) is 0 Å². The molecule has 0 aliphatic heterocycles. The monoisotopic (exact) mass is 202 g/mol. The maximum atomic E-state index is 5.34. The zero-order chi connectivity index (χ0) is 11.2. The number of hydrogen-bond donors (Lipinski definition) is 3. The smallest absolute Gasteiger partial charge is 0.206 e. The van der Waals surface area contributed by atoms with Crippen molar-refractivity contribution >= 4 is 5.96 Å². The number of nitrogens with zero attached hydrogens (tertiary/aromatic N) is 1. The molecule has 0 aromatic carbocycles. The van der Waals surface area contributed by atoms with Gasteiger partial charge in [0.05, 0.1) is 12.1 Å². The van der Waals surface area contributed by atoms with Gasteiger partial charge < -0.3 is 10.1 Å². The molecule has 0 unspecified atom stereocenters. The second kappa shape index (κ2) is 5.82. The minimum absolute atomic E-state index is 0.186. The van der Waals surface area contributed by atoms with Crippen LogP contribution in [0.1, 0.15) is 27.7 Å². The van der Waals surface area contributed by atoms with Crippen molar-refractivity contribution in [1.29, 1.82) is 0 Å². The highest BCUT2D eigenvalue weighted by Gasteiger charge is 2.18. The summed E-state index contributed by atoms with van der Waals surface area (Å²) < 4.78 is 5.07. The number of guanidine groups is 1. The average Bonchev–Trinajstić information content (AvgIpc) is 2.01. The number of nitrogens with one attached hydrogen (secondary N) is 2. The summed E-state index contributed by atoms with van der Waals surface area (Å²) in [5, 5.41) is 3.16. The van der Waals surface area contributed by atoms with E-state index in [4.69, 9.17) is 10.6 Å². The maximum Gasteiger partial charge on any atom is 0.206 e. The quantitative estimate of drug-likeness (QED) is 0.264. The van der Waals surface area contributed by atoms with E-state index in [1.54, 1.807) is 7.11 Å². The van der Waals surface area contributed by atoms with Crippen LogP contribution in [0.3, 0.4) is 0 Å². The van der Waals surface area contributed by atoms with E-state index in [1.807, 2.05) is 27.7 Å². The Morgan fingerprint density at radius 2 is 2.07 bits per heavy atom. The van der Waals surface area contributed by atoms with Crippen molar-refractivity contribution in [1.82, 2.24) is 10.7 Å². The summed E-state index contributed by atoms with van der Waals surface area (Å²) in [5.41, 5.74) is 2.35. The Labute approximate surface area is 86.1 Å². The predicted octanol–water partition coefficient (Wildman–Crippen LogP) is 0.229. The van der Waals surface area contributed by atoms with Crippen LogP contribution in [-0.2, 0) is 4.74 Å². The van der Waals surface area contributed by atoms with Gasteiger partial charge in [-0.05, 0) is 27.7 Å². The third-order valence-corrected chi connectivity index (χ3v) is 1.49. The van der Waals surface area contributed by atoms with Crippen LogP contribution in [0.25, 0.3) is 0 Å². The number of nitrogens with two attached hydrogens (primary N) is 1. The number of ether oxygens (including phenoxy) is 1. The van der Waals surface area contributed by atoms with Crippen molar-refractivity contribution in [2.24, 2.45) is 10.8 Å². The van der Waals surface area contributed by atoms with E-state index in [1.165, 1.54) is 0 Å². The number of rotatable bonds is 4. The van der Waals surface area contributed by atoms with Gasteiger partial charge in [-0.2, -0.15) is 0 Å². The molecule has 0 aliphatic carbocycles. The van der Waals surface area contributed by atoms with Gasteiger partial charge in [0.15, 0.2) is 0 Å². The first-order valence-corrected chi connectivity index (χ1v) is 4.73. The zero-order valence-electron chi connectivity index (χ0n) is 9.72.